The molecule has 0 amide bonds. The predicted octanol–water partition coefficient (Wildman–Crippen LogP) is 10.2. The van der Waals surface area contributed by atoms with Gasteiger partial charge in [-0.3, -0.25) is 0 Å². The fraction of sp³-hybridized carbons (Fsp3) is 0.333. The number of unbranched alkanes of at least 4 members (excludes halogenated alkanes) is 6. The van der Waals surface area contributed by atoms with Gasteiger partial charge >= 0.3 is 0 Å². The van der Waals surface area contributed by atoms with Gasteiger partial charge in [0.1, 0.15) is 0 Å². The third-order valence-electron chi connectivity index (χ3n) is 7.46. The molecule has 0 nitrogen and oxygen atoms in total. The summed E-state index contributed by atoms with van der Waals surface area (Å²) >= 11 is 0. The molecule has 0 heterocycles. The maximum atomic E-state index is 3.49. The summed E-state index contributed by atoms with van der Waals surface area (Å²) in [6.07, 6.45) is 12.7. The molecule has 0 fully saturated rings. The van der Waals surface area contributed by atoms with Gasteiger partial charge in [-0.1, -0.05) is 125 Å². The molecule has 0 aromatic heterocycles. The summed E-state index contributed by atoms with van der Waals surface area (Å²) < 4.78 is 0. The van der Waals surface area contributed by atoms with Gasteiger partial charge in [0.25, 0.3) is 0 Å². The van der Waals surface area contributed by atoms with Crippen LogP contribution >= 0.6 is 0 Å². The number of hydrogen-bond acceptors (Lipinski definition) is 0. The van der Waals surface area contributed by atoms with Gasteiger partial charge < -0.3 is 0 Å². The maximum absolute atomic E-state index is 3.49. The van der Waals surface area contributed by atoms with Crippen molar-refractivity contribution < 1.29 is 0 Å². The summed E-state index contributed by atoms with van der Waals surface area (Å²) in [7, 11) is 0. The molecule has 0 saturated heterocycles. The Labute approximate surface area is 236 Å². The molecule has 198 valence electrons. The molecular formula is C39H42. The van der Waals surface area contributed by atoms with Crippen molar-refractivity contribution in [3.05, 3.63) is 118 Å². The van der Waals surface area contributed by atoms with E-state index in [0.29, 0.717) is 0 Å². The van der Waals surface area contributed by atoms with Gasteiger partial charge in [-0.25, -0.2) is 0 Å². The molecule has 0 aliphatic rings. The van der Waals surface area contributed by atoms with Crippen LogP contribution in [-0.2, 0) is 12.8 Å². The molecule has 0 aliphatic carbocycles. The van der Waals surface area contributed by atoms with Crippen molar-refractivity contribution in [2.75, 3.05) is 0 Å². The van der Waals surface area contributed by atoms with Crippen molar-refractivity contribution in [2.45, 2.75) is 85.0 Å². The van der Waals surface area contributed by atoms with Crippen LogP contribution in [0.1, 0.15) is 104 Å². The summed E-state index contributed by atoms with van der Waals surface area (Å²) in [4.78, 5) is 0. The van der Waals surface area contributed by atoms with E-state index >= 15 is 0 Å². The Kier molecular flexibility index (Phi) is 10.9. The van der Waals surface area contributed by atoms with Crippen molar-refractivity contribution in [2.24, 2.45) is 0 Å². The SMILES string of the molecule is CCCCCCc1ccc(C#Cc2cc(C)c(C#Cc3ccc(CCCCCC)cc3)c3ccccc23)cc1. The van der Waals surface area contributed by atoms with Crippen molar-refractivity contribution >= 4 is 10.8 Å². The summed E-state index contributed by atoms with van der Waals surface area (Å²) in [5.41, 5.74) is 8.25. The number of benzene rings is 4. The van der Waals surface area contributed by atoms with E-state index in [4.69, 9.17) is 0 Å². The molecule has 0 saturated carbocycles. The molecule has 4 rings (SSSR count). The molecule has 4 aromatic carbocycles. The van der Waals surface area contributed by atoms with Crippen LogP contribution < -0.4 is 0 Å². The van der Waals surface area contributed by atoms with E-state index in [2.05, 4.69) is 123 Å². The highest BCUT2D eigenvalue weighted by atomic mass is 14.1. The lowest BCUT2D eigenvalue weighted by atomic mass is 9.95. The zero-order valence-electron chi connectivity index (χ0n) is 24.1. The summed E-state index contributed by atoms with van der Waals surface area (Å²) in [5, 5.41) is 2.33. The van der Waals surface area contributed by atoms with Gasteiger partial charge in [0.2, 0.25) is 0 Å². The molecule has 0 heteroatoms. The lowest BCUT2D eigenvalue weighted by Crippen LogP contribution is -1.91. The van der Waals surface area contributed by atoms with Crippen LogP contribution in [0, 0.1) is 30.6 Å². The molecule has 0 aliphatic heterocycles. The number of hydrogen-bond donors (Lipinski definition) is 0. The van der Waals surface area contributed by atoms with Crippen molar-refractivity contribution in [1.29, 1.82) is 0 Å². The lowest BCUT2D eigenvalue weighted by Gasteiger charge is -2.08. The third kappa shape index (κ3) is 8.37. The third-order valence-corrected chi connectivity index (χ3v) is 7.46. The minimum Gasteiger partial charge on any atom is -0.0654 e. The lowest BCUT2D eigenvalue weighted by molar-refractivity contribution is 0.667. The van der Waals surface area contributed by atoms with Crippen molar-refractivity contribution in [1.82, 2.24) is 0 Å². The molecule has 39 heavy (non-hydrogen) atoms. The second kappa shape index (κ2) is 15.0. The zero-order chi connectivity index (χ0) is 27.3. The van der Waals surface area contributed by atoms with Crippen LogP contribution in [0.3, 0.4) is 0 Å². The molecule has 0 spiro atoms. The maximum Gasteiger partial charge on any atom is 0.0357 e. The average molecular weight is 511 g/mol. The van der Waals surface area contributed by atoms with Crippen LogP contribution in [0.4, 0.5) is 0 Å². The molecular weight excluding hydrogens is 468 g/mol. The number of rotatable bonds is 10. The fourth-order valence-corrected chi connectivity index (χ4v) is 5.08. The normalized spacial score (nSPS) is 10.5. The largest absolute Gasteiger partial charge is 0.0654 e. The predicted molar refractivity (Wildman–Crippen MR) is 169 cm³/mol. The molecule has 4 aromatic rings. The van der Waals surface area contributed by atoms with Crippen LogP contribution in [0.25, 0.3) is 10.8 Å². The van der Waals surface area contributed by atoms with E-state index in [9.17, 15) is 0 Å². The van der Waals surface area contributed by atoms with Gasteiger partial charge in [-0.2, -0.15) is 0 Å². The monoisotopic (exact) mass is 510 g/mol. The standard InChI is InChI=1S/C39H42/c1-4-6-8-10-14-32-18-22-34(23-19-32)26-28-36-30-31(3)37(39-17-13-12-16-38(36)39)29-27-35-24-20-33(21-25-35)15-11-9-7-5-2/h12-13,16-25,30H,4-11,14-15H2,1-3H3. The van der Waals surface area contributed by atoms with E-state index in [1.807, 2.05) is 0 Å². The van der Waals surface area contributed by atoms with Gasteiger partial charge in [0, 0.05) is 22.3 Å². The van der Waals surface area contributed by atoms with E-state index in [1.54, 1.807) is 0 Å². The molecule has 0 bridgehead atoms. The molecule has 0 N–H and O–H groups in total. The first-order chi connectivity index (χ1) is 19.2. The Morgan fingerprint density at radius 1 is 0.513 bits per heavy atom. The Balaban J connectivity index is 1.51. The quantitative estimate of drug-likeness (QED) is 0.147. The van der Waals surface area contributed by atoms with Crippen molar-refractivity contribution in [3.63, 3.8) is 0 Å². The Hall–Kier alpha value is -3.74. The van der Waals surface area contributed by atoms with Gasteiger partial charge in [0.15, 0.2) is 0 Å². The Bertz CT molecular complexity index is 1460. The molecule has 0 radical (unpaired) electrons. The minimum absolute atomic E-state index is 1.06. The number of aryl methyl sites for hydroxylation is 3. The minimum atomic E-state index is 1.06. The van der Waals surface area contributed by atoms with E-state index in [-0.39, 0.29) is 0 Å². The summed E-state index contributed by atoms with van der Waals surface area (Å²) in [6.45, 7) is 6.66. The second-order valence-corrected chi connectivity index (χ2v) is 10.7. The highest BCUT2D eigenvalue weighted by molar-refractivity contribution is 5.94. The highest BCUT2D eigenvalue weighted by Gasteiger charge is 2.07. The number of fused-ring (bicyclic) bond motifs is 1. The average Bonchev–Trinajstić information content (AvgIpc) is 2.97. The Morgan fingerprint density at radius 2 is 1.03 bits per heavy atom. The highest BCUT2D eigenvalue weighted by Crippen LogP contribution is 2.25. The second-order valence-electron chi connectivity index (χ2n) is 10.7. The Morgan fingerprint density at radius 3 is 1.56 bits per heavy atom. The summed E-state index contributed by atoms with van der Waals surface area (Å²) in [6, 6.07) is 28.3. The molecule has 0 atom stereocenters. The first kappa shape index (κ1) is 28.3. The zero-order valence-corrected chi connectivity index (χ0v) is 24.1. The topological polar surface area (TPSA) is 0 Å². The van der Waals surface area contributed by atoms with E-state index < -0.39 is 0 Å². The van der Waals surface area contributed by atoms with Gasteiger partial charge in [0.05, 0.1) is 0 Å². The fourth-order valence-electron chi connectivity index (χ4n) is 5.08. The smallest absolute Gasteiger partial charge is 0.0357 e. The van der Waals surface area contributed by atoms with Gasteiger partial charge in [-0.05, 0) is 90.4 Å². The van der Waals surface area contributed by atoms with Crippen LogP contribution in [0.5, 0.6) is 0 Å². The first-order valence-corrected chi connectivity index (χ1v) is 14.9. The van der Waals surface area contributed by atoms with Crippen LogP contribution in [0.2, 0.25) is 0 Å². The van der Waals surface area contributed by atoms with Crippen LogP contribution in [0.15, 0.2) is 78.9 Å². The first-order valence-electron chi connectivity index (χ1n) is 14.9. The van der Waals surface area contributed by atoms with E-state index in [1.165, 1.54) is 73.4 Å². The van der Waals surface area contributed by atoms with E-state index in [0.717, 1.165) is 40.5 Å². The van der Waals surface area contributed by atoms with Crippen molar-refractivity contribution in [3.8, 4) is 23.7 Å². The molecule has 0 unspecified atom stereocenters. The summed E-state index contributed by atoms with van der Waals surface area (Å²) in [5.74, 6) is 13.8. The van der Waals surface area contributed by atoms with Crippen LogP contribution in [-0.4, -0.2) is 0 Å². The van der Waals surface area contributed by atoms with Gasteiger partial charge in [-0.15, -0.1) is 0 Å².